The van der Waals surface area contributed by atoms with Gasteiger partial charge in [-0.3, -0.25) is 0 Å². The van der Waals surface area contributed by atoms with E-state index in [9.17, 15) is 0 Å². The van der Waals surface area contributed by atoms with Gasteiger partial charge in [-0.1, -0.05) is 51.9 Å². The third-order valence-corrected chi connectivity index (χ3v) is 2.06. The van der Waals surface area contributed by atoms with Gasteiger partial charge >= 0.3 is 0 Å². The summed E-state index contributed by atoms with van der Waals surface area (Å²) < 4.78 is 0. The Labute approximate surface area is 87.7 Å². The van der Waals surface area contributed by atoms with Crippen LogP contribution in [0.4, 0.5) is 0 Å². The Morgan fingerprint density at radius 1 is 0.750 bits per heavy atom. The summed E-state index contributed by atoms with van der Waals surface area (Å²) in [4.78, 5) is 0. The van der Waals surface area contributed by atoms with Crippen LogP contribution in [0.1, 0.15) is 58.3 Å². The predicted molar refractivity (Wildman–Crippen MR) is 51.7 cm³/mol. The Kier molecular flexibility index (Phi) is 17.5. The first-order valence-electron chi connectivity index (χ1n) is 5.12. The molecule has 0 aromatic rings. The summed E-state index contributed by atoms with van der Waals surface area (Å²) in [6.45, 7) is 3.13. The quantitative estimate of drug-likeness (QED) is 0.620. The van der Waals surface area contributed by atoms with Gasteiger partial charge in [0.25, 0.3) is 0 Å². The maximum Gasteiger partial charge on any atom is 0 e. The molecule has 1 radical (unpaired) electrons. The molecule has 0 atom stereocenters. The van der Waals surface area contributed by atoms with Gasteiger partial charge in [-0.05, 0) is 13.0 Å². The summed E-state index contributed by atoms with van der Waals surface area (Å²) in [6, 6.07) is 0. The fourth-order valence-corrected chi connectivity index (χ4v) is 1.28. The number of nitrogens with two attached hydrogens (primary N) is 1. The first-order valence-corrected chi connectivity index (χ1v) is 5.12. The third-order valence-electron chi connectivity index (χ3n) is 2.06. The Morgan fingerprint density at radius 3 is 1.58 bits per heavy atom. The minimum absolute atomic E-state index is 0. The van der Waals surface area contributed by atoms with Crippen molar-refractivity contribution in [2.45, 2.75) is 58.3 Å². The van der Waals surface area contributed by atoms with Crippen LogP contribution in [-0.4, -0.2) is 6.54 Å². The van der Waals surface area contributed by atoms with Gasteiger partial charge in [-0.2, -0.15) is 0 Å². The molecule has 0 fully saturated rings. The van der Waals surface area contributed by atoms with Gasteiger partial charge in [0.2, 0.25) is 0 Å². The van der Waals surface area contributed by atoms with E-state index >= 15 is 0 Å². The van der Waals surface area contributed by atoms with E-state index in [1.165, 1.54) is 51.4 Å². The Morgan fingerprint density at radius 2 is 1.17 bits per heavy atom. The van der Waals surface area contributed by atoms with E-state index in [2.05, 4.69) is 6.92 Å². The summed E-state index contributed by atoms with van der Waals surface area (Å²) in [6.07, 6.45) is 11.0. The Bertz CT molecular complexity index is 58.9. The summed E-state index contributed by atoms with van der Waals surface area (Å²) in [5, 5.41) is 0. The molecular weight excluding hydrogens is 193 g/mol. The first kappa shape index (κ1) is 15.0. The van der Waals surface area contributed by atoms with Gasteiger partial charge in [0.15, 0.2) is 0 Å². The van der Waals surface area contributed by atoms with Gasteiger partial charge in [0, 0.05) is 16.8 Å². The van der Waals surface area contributed by atoms with Crippen LogP contribution in [0.15, 0.2) is 0 Å². The molecule has 0 amide bonds. The van der Waals surface area contributed by atoms with Crippen LogP contribution in [0, 0.1) is 0 Å². The molecular formula is C10H23CoN. The molecule has 77 valence electrons. The Hall–Kier alpha value is 0.466. The summed E-state index contributed by atoms with van der Waals surface area (Å²) in [5.41, 5.74) is 5.39. The fourth-order valence-electron chi connectivity index (χ4n) is 1.28. The SMILES string of the molecule is CCCCCCCCCCN.[Co]. The molecule has 0 bridgehead atoms. The minimum atomic E-state index is 0. The van der Waals surface area contributed by atoms with E-state index in [4.69, 9.17) is 5.73 Å². The largest absolute Gasteiger partial charge is 0.330 e. The zero-order chi connectivity index (χ0) is 8.36. The molecule has 0 aromatic carbocycles. The maximum atomic E-state index is 5.39. The number of hydrogen-bond donors (Lipinski definition) is 1. The van der Waals surface area contributed by atoms with Crippen molar-refractivity contribution in [2.75, 3.05) is 6.54 Å². The number of hydrogen-bond acceptors (Lipinski definition) is 1. The molecule has 0 rings (SSSR count). The van der Waals surface area contributed by atoms with Crippen LogP contribution in [-0.2, 0) is 16.8 Å². The van der Waals surface area contributed by atoms with Crippen LogP contribution in [0.2, 0.25) is 0 Å². The fraction of sp³-hybridized carbons (Fsp3) is 1.00. The van der Waals surface area contributed by atoms with Crippen molar-refractivity contribution in [2.24, 2.45) is 5.73 Å². The van der Waals surface area contributed by atoms with Crippen molar-refractivity contribution in [3.05, 3.63) is 0 Å². The molecule has 0 saturated carbocycles. The van der Waals surface area contributed by atoms with Crippen LogP contribution in [0.5, 0.6) is 0 Å². The second kappa shape index (κ2) is 14.0. The molecule has 1 nitrogen and oxygen atoms in total. The van der Waals surface area contributed by atoms with Crippen LogP contribution < -0.4 is 5.73 Å². The molecule has 12 heavy (non-hydrogen) atoms. The smallest absolute Gasteiger partial charge is 0 e. The molecule has 2 heteroatoms. The van der Waals surface area contributed by atoms with Crippen LogP contribution >= 0.6 is 0 Å². The molecule has 0 heterocycles. The first-order chi connectivity index (χ1) is 5.41. The van der Waals surface area contributed by atoms with Crippen molar-refractivity contribution < 1.29 is 16.8 Å². The van der Waals surface area contributed by atoms with Crippen molar-refractivity contribution in [3.63, 3.8) is 0 Å². The van der Waals surface area contributed by atoms with E-state index in [0.717, 1.165) is 6.54 Å². The molecule has 0 aromatic heterocycles. The second-order valence-corrected chi connectivity index (χ2v) is 3.26. The van der Waals surface area contributed by atoms with Crippen molar-refractivity contribution >= 4 is 0 Å². The Balaban J connectivity index is 0. The molecule has 0 aliphatic heterocycles. The van der Waals surface area contributed by atoms with Crippen molar-refractivity contribution in [1.82, 2.24) is 0 Å². The van der Waals surface area contributed by atoms with E-state index in [1.54, 1.807) is 0 Å². The zero-order valence-electron chi connectivity index (χ0n) is 8.27. The summed E-state index contributed by atoms with van der Waals surface area (Å²) >= 11 is 0. The van der Waals surface area contributed by atoms with E-state index in [0.29, 0.717) is 0 Å². The van der Waals surface area contributed by atoms with Crippen LogP contribution in [0.3, 0.4) is 0 Å². The van der Waals surface area contributed by atoms with Crippen molar-refractivity contribution in [3.8, 4) is 0 Å². The topological polar surface area (TPSA) is 26.0 Å². The normalized spacial score (nSPS) is 9.50. The molecule has 0 spiro atoms. The molecule has 0 saturated heterocycles. The zero-order valence-corrected chi connectivity index (χ0v) is 9.32. The standard InChI is InChI=1S/C10H23N.Co/c1-2-3-4-5-6-7-8-9-10-11;/h2-11H2,1H3;. The predicted octanol–water partition coefficient (Wildman–Crippen LogP) is 3.08. The summed E-state index contributed by atoms with van der Waals surface area (Å²) in [7, 11) is 0. The van der Waals surface area contributed by atoms with Gasteiger partial charge in [0.1, 0.15) is 0 Å². The molecule has 0 aliphatic carbocycles. The van der Waals surface area contributed by atoms with E-state index in [1.807, 2.05) is 0 Å². The van der Waals surface area contributed by atoms with Gasteiger partial charge < -0.3 is 5.73 Å². The van der Waals surface area contributed by atoms with Gasteiger partial charge in [-0.15, -0.1) is 0 Å². The van der Waals surface area contributed by atoms with Crippen LogP contribution in [0.25, 0.3) is 0 Å². The van der Waals surface area contributed by atoms with E-state index in [-0.39, 0.29) is 16.8 Å². The van der Waals surface area contributed by atoms with Gasteiger partial charge in [0.05, 0.1) is 0 Å². The van der Waals surface area contributed by atoms with Gasteiger partial charge in [-0.25, -0.2) is 0 Å². The monoisotopic (exact) mass is 216 g/mol. The average Bonchev–Trinajstić information content (AvgIpc) is 2.03. The number of rotatable bonds is 8. The third kappa shape index (κ3) is 13.1. The van der Waals surface area contributed by atoms with Crippen molar-refractivity contribution in [1.29, 1.82) is 0 Å². The second-order valence-electron chi connectivity index (χ2n) is 3.26. The molecule has 0 aliphatic rings. The molecule has 0 unspecified atom stereocenters. The summed E-state index contributed by atoms with van der Waals surface area (Å²) in [5.74, 6) is 0. The minimum Gasteiger partial charge on any atom is -0.330 e. The molecule has 2 N–H and O–H groups in total. The average molecular weight is 216 g/mol. The number of unbranched alkanes of at least 4 members (excludes halogenated alkanes) is 7. The maximum absolute atomic E-state index is 5.39. The van der Waals surface area contributed by atoms with E-state index < -0.39 is 0 Å².